The molecule has 0 saturated carbocycles. The van der Waals surface area contributed by atoms with E-state index < -0.39 is 17.6 Å². The molecule has 0 unspecified atom stereocenters. The van der Waals surface area contributed by atoms with E-state index in [9.17, 15) is 9.59 Å². The minimum atomic E-state index is -0.701. The van der Waals surface area contributed by atoms with Crippen LogP contribution in [0.1, 0.15) is 43.7 Å². The summed E-state index contributed by atoms with van der Waals surface area (Å²) >= 11 is 0. The number of nitrogens with zero attached hydrogens (tertiary/aromatic N) is 1. The third-order valence-corrected chi connectivity index (χ3v) is 2.28. The number of rotatable bonds is 3. The van der Waals surface area contributed by atoms with Crippen LogP contribution in [-0.2, 0) is 9.53 Å². The van der Waals surface area contributed by atoms with Crippen molar-refractivity contribution < 1.29 is 14.3 Å². The standard InChI is InChI=1S/C14H20N2O3/c1-9-6-7-11(8-15-9)12(17)16-10(2)13(18)19-14(3,4)5/h6-8,10H,1-5H3,(H,16,17)/t10-/m0/s1. The normalized spacial score (nSPS) is 12.7. The molecule has 0 aromatic carbocycles. The van der Waals surface area contributed by atoms with E-state index in [1.54, 1.807) is 39.8 Å². The third-order valence-electron chi connectivity index (χ3n) is 2.28. The fourth-order valence-electron chi connectivity index (χ4n) is 1.33. The highest BCUT2D eigenvalue weighted by Crippen LogP contribution is 2.08. The Balaban J connectivity index is 2.61. The zero-order chi connectivity index (χ0) is 14.6. The first-order valence-electron chi connectivity index (χ1n) is 6.15. The molecule has 1 rings (SSSR count). The number of aromatic nitrogens is 1. The number of pyridine rings is 1. The second-order valence-corrected chi connectivity index (χ2v) is 5.42. The molecule has 1 N–H and O–H groups in total. The Kier molecular flexibility index (Phi) is 4.64. The van der Waals surface area contributed by atoms with Crippen molar-refractivity contribution >= 4 is 11.9 Å². The molecule has 19 heavy (non-hydrogen) atoms. The maximum absolute atomic E-state index is 11.9. The Hall–Kier alpha value is -1.91. The van der Waals surface area contributed by atoms with Gasteiger partial charge in [0.15, 0.2) is 0 Å². The van der Waals surface area contributed by atoms with Crippen LogP contribution in [0.4, 0.5) is 0 Å². The molecule has 0 saturated heterocycles. The lowest BCUT2D eigenvalue weighted by atomic mass is 10.2. The summed E-state index contributed by atoms with van der Waals surface area (Å²) in [6, 6.07) is 2.71. The van der Waals surface area contributed by atoms with Gasteiger partial charge in [0.05, 0.1) is 5.56 Å². The monoisotopic (exact) mass is 264 g/mol. The van der Waals surface area contributed by atoms with Crippen LogP contribution in [0, 0.1) is 6.92 Å². The highest BCUT2D eigenvalue weighted by molar-refractivity contribution is 5.96. The first kappa shape index (κ1) is 15.1. The van der Waals surface area contributed by atoms with E-state index in [2.05, 4.69) is 10.3 Å². The molecule has 1 amide bonds. The lowest BCUT2D eigenvalue weighted by Gasteiger charge is -2.22. The highest BCUT2D eigenvalue weighted by atomic mass is 16.6. The minimum absolute atomic E-state index is 0.342. The van der Waals surface area contributed by atoms with Crippen LogP contribution in [0.3, 0.4) is 0 Å². The van der Waals surface area contributed by atoms with Gasteiger partial charge in [-0.05, 0) is 46.8 Å². The molecule has 5 heteroatoms. The van der Waals surface area contributed by atoms with Crippen molar-refractivity contribution in [2.75, 3.05) is 0 Å². The molecular weight excluding hydrogens is 244 g/mol. The molecule has 1 atom stereocenters. The number of carbonyl (C=O) groups excluding carboxylic acids is 2. The molecular formula is C14H20N2O3. The topological polar surface area (TPSA) is 68.3 Å². The Morgan fingerprint density at radius 3 is 2.42 bits per heavy atom. The lowest BCUT2D eigenvalue weighted by Crippen LogP contribution is -2.42. The number of hydrogen-bond donors (Lipinski definition) is 1. The summed E-state index contributed by atoms with van der Waals surface area (Å²) in [7, 11) is 0. The molecule has 1 aromatic heterocycles. The van der Waals surface area contributed by atoms with E-state index in [4.69, 9.17) is 4.74 Å². The molecule has 0 spiro atoms. The Morgan fingerprint density at radius 1 is 1.32 bits per heavy atom. The average molecular weight is 264 g/mol. The second-order valence-electron chi connectivity index (χ2n) is 5.42. The summed E-state index contributed by atoms with van der Waals surface area (Å²) in [4.78, 5) is 27.6. The Labute approximate surface area is 113 Å². The maximum Gasteiger partial charge on any atom is 0.328 e. The van der Waals surface area contributed by atoms with Crippen molar-refractivity contribution in [3.05, 3.63) is 29.6 Å². The van der Waals surface area contributed by atoms with Crippen molar-refractivity contribution in [2.45, 2.75) is 46.3 Å². The van der Waals surface area contributed by atoms with Crippen LogP contribution in [-0.4, -0.2) is 28.5 Å². The number of ether oxygens (including phenoxy) is 1. The van der Waals surface area contributed by atoms with Gasteiger partial charge >= 0.3 is 5.97 Å². The molecule has 104 valence electrons. The molecule has 0 aliphatic heterocycles. The summed E-state index contributed by atoms with van der Waals surface area (Å²) in [5, 5.41) is 2.58. The van der Waals surface area contributed by atoms with Gasteiger partial charge in [-0.3, -0.25) is 9.78 Å². The number of nitrogens with one attached hydrogen (secondary N) is 1. The highest BCUT2D eigenvalue weighted by Gasteiger charge is 2.23. The summed E-state index contributed by atoms with van der Waals surface area (Å²) < 4.78 is 5.19. The summed E-state index contributed by atoms with van der Waals surface area (Å²) in [6.45, 7) is 8.77. The van der Waals surface area contributed by atoms with Gasteiger partial charge < -0.3 is 10.1 Å². The summed E-state index contributed by atoms with van der Waals surface area (Å²) in [6.07, 6.45) is 1.48. The number of esters is 1. The quantitative estimate of drug-likeness (QED) is 0.846. The average Bonchev–Trinajstić information content (AvgIpc) is 2.27. The fourth-order valence-corrected chi connectivity index (χ4v) is 1.33. The van der Waals surface area contributed by atoms with Gasteiger partial charge in [-0.1, -0.05) is 0 Å². The van der Waals surface area contributed by atoms with Crippen molar-refractivity contribution in [1.82, 2.24) is 10.3 Å². The van der Waals surface area contributed by atoms with Gasteiger partial charge in [0.1, 0.15) is 11.6 Å². The van der Waals surface area contributed by atoms with Crippen LogP contribution in [0.2, 0.25) is 0 Å². The van der Waals surface area contributed by atoms with Gasteiger partial charge in [0, 0.05) is 11.9 Å². The zero-order valence-electron chi connectivity index (χ0n) is 12.0. The van der Waals surface area contributed by atoms with E-state index in [1.165, 1.54) is 6.20 Å². The van der Waals surface area contributed by atoms with Crippen molar-refractivity contribution in [1.29, 1.82) is 0 Å². The van der Waals surface area contributed by atoms with Crippen molar-refractivity contribution in [2.24, 2.45) is 0 Å². The summed E-state index contributed by atoms with van der Waals surface area (Å²) in [5.41, 5.74) is 0.680. The van der Waals surface area contributed by atoms with E-state index in [0.717, 1.165) is 5.69 Å². The van der Waals surface area contributed by atoms with Gasteiger partial charge in [-0.2, -0.15) is 0 Å². The maximum atomic E-state index is 11.9. The van der Waals surface area contributed by atoms with E-state index >= 15 is 0 Å². The Bertz CT molecular complexity index is 461. The number of amides is 1. The van der Waals surface area contributed by atoms with Crippen LogP contribution in [0.5, 0.6) is 0 Å². The van der Waals surface area contributed by atoms with Crippen molar-refractivity contribution in [3.63, 3.8) is 0 Å². The fraction of sp³-hybridized carbons (Fsp3) is 0.500. The third kappa shape index (κ3) is 5.07. The number of hydrogen-bond acceptors (Lipinski definition) is 4. The first-order chi connectivity index (χ1) is 8.69. The largest absolute Gasteiger partial charge is 0.458 e. The minimum Gasteiger partial charge on any atom is -0.458 e. The van der Waals surface area contributed by atoms with Crippen LogP contribution in [0.25, 0.3) is 0 Å². The van der Waals surface area contributed by atoms with Gasteiger partial charge in [0.25, 0.3) is 5.91 Å². The van der Waals surface area contributed by atoms with Crippen LogP contribution < -0.4 is 5.32 Å². The van der Waals surface area contributed by atoms with Crippen LogP contribution >= 0.6 is 0 Å². The predicted octanol–water partition coefficient (Wildman–Crippen LogP) is 1.85. The molecule has 0 aliphatic rings. The van der Waals surface area contributed by atoms with E-state index in [1.807, 2.05) is 6.92 Å². The molecule has 0 aliphatic carbocycles. The lowest BCUT2D eigenvalue weighted by molar-refractivity contribution is -0.156. The van der Waals surface area contributed by atoms with Gasteiger partial charge in [0.2, 0.25) is 0 Å². The zero-order valence-corrected chi connectivity index (χ0v) is 12.0. The van der Waals surface area contributed by atoms with Gasteiger partial charge in [-0.15, -0.1) is 0 Å². The molecule has 1 aromatic rings. The molecule has 0 fully saturated rings. The smallest absolute Gasteiger partial charge is 0.328 e. The summed E-state index contributed by atoms with van der Waals surface area (Å²) in [5.74, 6) is -0.799. The van der Waals surface area contributed by atoms with Crippen LogP contribution in [0.15, 0.2) is 18.3 Å². The SMILES string of the molecule is Cc1ccc(C(=O)N[C@@H](C)C(=O)OC(C)(C)C)cn1. The molecule has 1 heterocycles. The molecule has 5 nitrogen and oxygen atoms in total. The second kappa shape index (κ2) is 5.82. The van der Waals surface area contributed by atoms with Crippen molar-refractivity contribution in [3.8, 4) is 0 Å². The van der Waals surface area contributed by atoms with Gasteiger partial charge in [-0.25, -0.2) is 4.79 Å². The predicted molar refractivity (Wildman–Crippen MR) is 71.7 cm³/mol. The Morgan fingerprint density at radius 2 is 1.95 bits per heavy atom. The first-order valence-corrected chi connectivity index (χ1v) is 6.15. The van der Waals surface area contributed by atoms with E-state index in [0.29, 0.717) is 5.56 Å². The number of carbonyl (C=O) groups is 2. The molecule has 0 bridgehead atoms. The van der Waals surface area contributed by atoms with E-state index in [-0.39, 0.29) is 5.91 Å². The molecule has 0 radical (unpaired) electrons. The number of aryl methyl sites for hydroxylation is 1.